The Labute approximate surface area is 231 Å². The van der Waals surface area contributed by atoms with Gasteiger partial charge in [-0.2, -0.15) is 0 Å². The quantitative estimate of drug-likeness (QED) is 0.205. The molecule has 6 aromatic carbocycles. The minimum Gasteiger partial charge on any atom is -0.135 e. The topological polar surface area (TPSA) is 0 Å². The minimum atomic E-state index is -0.367. The molecule has 0 amide bonds. The first-order valence-corrected chi connectivity index (χ1v) is 14.4. The largest absolute Gasteiger partial charge is 0.135 e. The summed E-state index contributed by atoms with van der Waals surface area (Å²) in [6.45, 7) is 2.24. The molecule has 9 rings (SSSR count). The number of rotatable bonds is 1. The first-order chi connectivity index (χ1) is 19.3. The van der Waals surface area contributed by atoms with Crippen LogP contribution >= 0.6 is 11.3 Å². The molecule has 39 heavy (non-hydrogen) atoms. The number of thiophene rings is 1. The summed E-state index contributed by atoms with van der Waals surface area (Å²) in [4.78, 5) is 0. The van der Waals surface area contributed by atoms with Gasteiger partial charge in [0.15, 0.2) is 0 Å². The molecule has 1 unspecified atom stereocenters. The van der Waals surface area contributed by atoms with Crippen molar-refractivity contribution in [2.45, 2.75) is 12.3 Å². The first kappa shape index (κ1) is 21.5. The van der Waals surface area contributed by atoms with Gasteiger partial charge in [-0.1, -0.05) is 115 Å². The van der Waals surface area contributed by atoms with Crippen molar-refractivity contribution in [3.8, 4) is 33.4 Å². The summed E-state index contributed by atoms with van der Waals surface area (Å²) < 4.78 is 2.72. The summed E-state index contributed by atoms with van der Waals surface area (Å²) in [5.41, 5.74) is 14.7. The van der Waals surface area contributed by atoms with E-state index in [0.717, 1.165) is 0 Å². The van der Waals surface area contributed by atoms with Gasteiger partial charge >= 0.3 is 0 Å². The minimum absolute atomic E-state index is 0.367. The second-order valence-electron chi connectivity index (χ2n) is 10.8. The van der Waals surface area contributed by atoms with Crippen LogP contribution in [0.3, 0.4) is 0 Å². The highest BCUT2D eigenvalue weighted by Crippen LogP contribution is 2.66. The summed E-state index contributed by atoms with van der Waals surface area (Å²) in [6, 6.07) is 47.8. The van der Waals surface area contributed by atoms with Gasteiger partial charge in [-0.3, -0.25) is 0 Å². The Hall–Kier alpha value is -4.46. The van der Waals surface area contributed by atoms with Crippen LogP contribution in [-0.2, 0) is 5.41 Å². The molecule has 0 saturated heterocycles. The van der Waals surface area contributed by atoms with Crippen LogP contribution in [0.4, 0.5) is 0 Å². The summed E-state index contributed by atoms with van der Waals surface area (Å²) in [5.74, 6) is 0. The number of fused-ring (bicyclic) bond motifs is 14. The third kappa shape index (κ3) is 2.54. The van der Waals surface area contributed by atoms with E-state index in [9.17, 15) is 0 Å². The predicted molar refractivity (Wildman–Crippen MR) is 166 cm³/mol. The van der Waals surface area contributed by atoms with E-state index in [1.165, 1.54) is 81.4 Å². The normalized spacial score (nSPS) is 16.4. The molecule has 1 spiro atoms. The third-order valence-electron chi connectivity index (χ3n) is 9.04. The van der Waals surface area contributed by atoms with Gasteiger partial charge in [0.1, 0.15) is 0 Å². The average molecular weight is 513 g/mol. The number of aryl methyl sites for hydroxylation is 1. The molecule has 1 heteroatoms. The lowest BCUT2D eigenvalue weighted by Crippen LogP contribution is -2.26. The molecule has 0 nitrogen and oxygen atoms in total. The van der Waals surface area contributed by atoms with Gasteiger partial charge in [-0.05, 0) is 80.3 Å². The molecular formula is C38H24S. The van der Waals surface area contributed by atoms with Crippen molar-refractivity contribution in [2.24, 2.45) is 0 Å². The fraction of sp³-hybridized carbons (Fsp3) is 0.0526. The Balaban J connectivity index is 1.53. The van der Waals surface area contributed by atoms with E-state index in [1.54, 1.807) is 0 Å². The molecule has 1 atom stereocenters. The van der Waals surface area contributed by atoms with Crippen molar-refractivity contribution in [1.82, 2.24) is 0 Å². The third-order valence-corrected chi connectivity index (χ3v) is 10.2. The van der Waals surface area contributed by atoms with Crippen LogP contribution in [0.25, 0.3) is 53.6 Å². The summed E-state index contributed by atoms with van der Waals surface area (Å²) >= 11 is 1.91. The molecule has 1 aromatic heterocycles. The van der Waals surface area contributed by atoms with E-state index in [-0.39, 0.29) is 5.41 Å². The van der Waals surface area contributed by atoms with E-state index in [4.69, 9.17) is 0 Å². The molecule has 7 aromatic rings. The molecule has 0 fully saturated rings. The standard InChI is InChI=1S/C38H24S/c1-23-11-2-3-12-24(23)26-16-10-17-27-25-13-4-7-18-30(25)38(37(26)27)31-19-8-5-14-28(31)35-32(38)21-22-34-36(35)29-15-6-9-20-33(29)39-34/h2-22H,1H3. The predicted octanol–water partition coefficient (Wildman–Crippen LogP) is 10.4. The number of benzene rings is 6. The van der Waals surface area contributed by atoms with Gasteiger partial charge in [-0.25, -0.2) is 0 Å². The first-order valence-electron chi connectivity index (χ1n) is 13.6. The second-order valence-corrected chi connectivity index (χ2v) is 11.9. The number of hydrogen-bond acceptors (Lipinski definition) is 1. The van der Waals surface area contributed by atoms with Crippen molar-refractivity contribution < 1.29 is 0 Å². The second kappa shape index (κ2) is 7.56. The van der Waals surface area contributed by atoms with Crippen molar-refractivity contribution in [1.29, 1.82) is 0 Å². The molecule has 2 aliphatic rings. The van der Waals surface area contributed by atoms with E-state index in [0.29, 0.717) is 0 Å². The van der Waals surface area contributed by atoms with Crippen LogP contribution in [0.5, 0.6) is 0 Å². The van der Waals surface area contributed by atoms with Crippen LogP contribution in [0.2, 0.25) is 0 Å². The van der Waals surface area contributed by atoms with Crippen LogP contribution < -0.4 is 0 Å². The summed E-state index contributed by atoms with van der Waals surface area (Å²) in [7, 11) is 0. The van der Waals surface area contributed by atoms with Crippen molar-refractivity contribution in [3.63, 3.8) is 0 Å². The van der Waals surface area contributed by atoms with Crippen LogP contribution in [-0.4, -0.2) is 0 Å². The summed E-state index contributed by atoms with van der Waals surface area (Å²) in [6.07, 6.45) is 0. The van der Waals surface area contributed by atoms with Crippen LogP contribution in [0, 0.1) is 6.92 Å². The van der Waals surface area contributed by atoms with Gasteiger partial charge in [0.2, 0.25) is 0 Å². The van der Waals surface area contributed by atoms with Crippen molar-refractivity contribution >= 4 is 31.5 Å². The zero-order valence-corrected chi connectivity index (χ0v) is 22.3. The average Bonchev–Trinajstić information content (AvgIpc) is 3.61. The fourth-order valence-corrected chi connectivity index (χ4v) is 8.72. The fourth-order valence-electron chi connectivity index (χ4n) is 7.60. The molecule has 2 aliphatic carbocycles. The Morgan fingerprint density at radius 3 is 1.90 bits per heavy atom. The molecule has 182 valence electrons. The molecule has 0 bridgehead atoms. The van der Waals surface area contributed by atoms with Gasteiger partial charge in [0.05, 0.1) is 5.41 Å². The zero-order valence-electron chi connectivity index (χ0n) is 21.5. The van der Waals surface area contributed by atoms with E-state index in [2.05, 4.69) is 134 Å². The maximum Gasteiger partial charge on any atom is 0.0731 e. The van der Waals surface area contributed by atoms with Crippen LogP contribution in [0.1, 0.15) is 27.8 Å². The highest BCUT2D eigenvalue weighted by atomic mass is 32.1. The monoisotopic (exact) mass is 512 g/mol. The Bertz CT molecular complexity index is 2140. The molecule has 1 heterocycles. The maximum atomic E-state index is 2.44. The highest BCUT2D eigenvalue weighted by molar-refractivity contribution is 7.26. The Morgan fingerprint density at radius 2 is 1.08 bits per heavy atom. The van der Waals surface area contributed by atoms with E-state index >= 15 is 0 Å². The Kier molecular flexibility index (Phi) is 4.16. The van der Waals surface area contributed by atoms with Crippen molar-refractivity contribution in [3.05, 3.63) is 155 Å². The van der Waals surface area contributed by atoms with Gasteiger partial charge in [0, 0.05) is 20.2 Å². The molecular weight excluding hydrogens is 488 g/mol. The maximum absolute atomic E-state index is 2.44. The highest BCUT2D eigenvalue weighted by Gasteiger charge is 2.53. The van der Waals surface area contributed by atoms with Gasteiger partial charge in [-0.15, -0.1) is 11.3 Å². The summed E-state index contributed by atoms with van der Waals surface area (Å²) in [5, 5.41) is 2.76. The molecule has 0 radical (unpaired) electrons. The van der Waals surface area contributed by atoms with Gasteiger partial charge in [0.25, 0.3) is 0 Å². The SMILES string of the molecule is Cc1ccccc1-c1cccc2c1C1(c3ccccc3-2)c2ccccc2-c2c1ccc1sc3ccccc3c21. The van der Waals surface area contributed by atoms with E-state index < -0.39 is 0 Å². The zero-order chi connectivity index (χ0) is 25.7. The lowest BCUT2D eigenvalue weighted by Gasteiger charge is -2.32. The smallest absolute Gasteiger partial charge is 0.0731 e. The van der Waals surface area contributed by atoms with E-state index in [1.807, 2.05) is 11.3 Å². The molecule has 0 N–H and O–H groups in total. The van der Waals surface area contributed by atoms with Crippen LogP contribution in [0.15, 0.2) is 127 Å². The van der Waals surface area contributed by atoms with Crippen molar-refractivity contribution in [2.75, 3.05) is 0 Å². The molecule has 0 aliphatic heterocycles. The lowest BCUT2D eigenvalue weighted by atomic mass is 9.68. The number of hydrogen-bond donors (Lipinski definition) is 0. The lowest BCUT2D eigenvalue weighted by molar-refractivity contribution is 0.796. The molecule has 0 saturated carbocycles. The Morgan fingerprint density at radius 1 is 0.462 bits per heavy atom. The van der Waals surface area contributed by atoms with Gasteiger partial charge < -0.3 is 0 Å².